The first-order valence-electron chi connectivity index (χ1n) is 8.62. The minimum absolute atomic E-state index is 0.248. The molecule has 1 aromatic carbocycles. The highest BCUT2D eigenvalue weighted by Gasteiger charge is 2.25. The van der Waals surface area contributed by atoms with Gasteiger partial charge in [-0.3, -0.25) is 0 Å². The van der Waals surface area contributed by atoms with Gasteiger partial charge in [0.15, 0.2) is 0 Å². The van der Waals surface area contributed by atoms with E-state index in [0.29, 0.717) is 0 Å². The van der Waals surface area contributed by atoms with Gasteiger partial charge >= 0.3 is 0 Å². The minimum Gasteiger partial charge on any atom is -0.330 e. The van der Waals surface area contributed by atoms with E-state index in [1.165, 1.54) is 30.4 Å². The molecule has 0 bridgehead atoms. The number of hydrogen-bond donors (Lipinski definition) is 1. The number of aryl methyl sites for hydroxylation is 1. The summed E-state index contributed by atoms with van der Waals surface area (Å²) >= 11 is 0. The molecule has 0 aliphatic carbocycles. The summed E-state index contributed by atoms with van der Waals surface area (Å²) < 4.78 is 0. The first-order valence-corrected chi connectivity index (χ1v) is 8.62. The van der Waals surface area contributed by atoms with Crippen molar-refractivity contribution in [1.29, 1.82) is 0 Å². The summed E-state index contributed by atoms with van der Waals surface area (Å²) in [6, 6.07) is 7.19. The summed E-state index contributed by atoms with van der Waals surface area (Å²) in [6.07, 6.45) is 5.81. The topological polar surface area (TPSA) is 26.0 Å². The molecule has 1 nitrogen and oxygen atoms in total. The predicted molar refractivity (Wildman–Crippen MR) is 95.1 cm³/mol. The van der Waals surface area contributed by atoms with Crippen LogP contribution in [0.2, 0.25) is 0 Å². The summed E-state index contributed by atoms with van der Waals surface area (Å²) in [5.41, 5.74) is 10.7. The first-order chi connectivity index (χ1) is 9.78. The van der Waals surface area contributed by atoms with E-state index in [1.54, 1.807) is 5.56 Å². The van der Waals surface area contributed by atoms with Gasteiger partial charge in [-0.25, -0.2) is 0 Å². The third-order valence-corrected chi connectivity index (χ3v) is 5.29. The summed E-state index contributed by atoms with van der Waals surface area (Å²) in [5, 5.41) is 0. The molecule has 1 aromatic rings. The molecule has 0 atom stereocenters. The van der Waals surface area contributed by atoms with Crippen LogP contribution in [-0.4, -0.2) is 6.54 Å². The molecule has 1 rings (SSSR count). The van der Waals surface area contributed by atoms with E-state index in [9.17, 15) is 0 Å². The Hall–Kier alpha value is -0.820. The molecule has 0 fully saturated rings. The highest BCUT2D eigenvalue weighted by atomic mass is 14.5. The second kappa shape index (κ2) is 7.45. The fourth-order valence-corrected chi connectivity index (χ4v) is 2.70. The van der Waals surface area contributed by atoms with Crippen LogP contribution < -0.4 is 5.73 Å². The lowest BCUT2D eigenvalue weighted by Crippen LogP contribution is -2.22. The van der Waals surface area contributed by atoms with Crippen LogP contribution in [0.15, 0.2) is 18.2 Å². The van der Waals surface area contributed by atoms with Crippen molar-refractivity contribution in [2.45, 2.75) is 84.5 Å². The van der Waals surface area contributed by atoms with Crippen LogP contribution >= 0.6 is 0 Å². The highest BCUT2D eigenvalue weighted by molar-refractivity contribution is 5.40. The van der Waals surface area contributed by atoms with E-state index in [1.807, 2.05) is 0 Å². The highest BCUT2D eigenvalue weighted by Crippen LogP contribution is 2.35. The van der Waals surface area contributed by atoms with Crippen LogP contribution in [0.5, 0.6) is 0 Å². The van der Waals surface area contributed by atoms with Gasteiger partial charge in [0, 0.05) is 0 Å². The lowest BCUT2D eigenvalue weighted by Gasteiger charge is -2.31. The standard InChI is InChI=1S/C20H35N/c1-7-19(3,4)17-13-12-16(11-9-10-14-21)18(15-17)20(5,6)8-2/h12-13,15H,7-11,14,21H2,1-6H3. The van der Waals surface area contributed by atoms with Crippen LogP contribution in [0.3, 0.4) is 0 Å². The molecular weight excluding hydrogens is 254 g/mol. The molecule has 0 aromatic heterocycles. The third kappa shape index (κ3) is 4.57. The average Bonchev–Trinajstić information content (AvgIpc) is 2.47. The number of unbranched alkanes of at least 4 members (excludes halogenated alkanes) is 1. The molecule has 1 heteroatoms. The molecule has 21 heavy (non-hydrogen) atoms. The van der Waals surface area contributed by atoms with Crippen molar-refractivity contribution in [3.05, 3.63) is 34.9 Å². The third-order valence-electron chi connectivity index (χ3n) is 5.29. The molecular formula is C20H35N. The monoisotopic (exact) mass is 289 g/mol. The van der Waals surface area contributed by atoms with Crippen LogP contribution in [0.1, 0.15) is 83.9 Å². The van der Waals surface area contributed by atoms with E-state index < -0.39 is 0 Å². The molecule has 0 unspecified atom stereocenters. The normalized spacial score (nSPS) is 12.7. The van der Waals surface area contributed by atoms with E-state index >= 15 is 0 Å². The van der Waals surface area contributed by atoms with Gasteiger partial charge in [-0.05, 0) is 66.2 Å². The van der Waals surface area contributed by atoms with Crippen molar-refractivity contribution in [3.8, 4) is 0 Å². The van der Waals surface area contributed by atoms with Gasteiger partial charge < -0.3 is 5.73 Å². The molecule has 2 N–H and O–H groups in total. The maximum atomic E-state index is 5.64. The Bertz CT molecular complexity index is 443. The lowest BCUT2D eigenvalue weighted by molar-refractivity contribution is 0.484. The molecule has 0 saturated heterocycles. The van der Waals surface area contributed by atoms with Crippen molar-refractivity contribution in [1.82, 2.24) is 0 Å². The van der Waals surface area contributed by atoms with Crippen LogP contribution in [0.25, 0.3) is 0 Å². The van der Waals surface area contributed by atoms with Crippen molar-refractivity contribution >= 4 is 0 Å². The SMILES string of the molecule is CCC(C)(C)c1ccc(CCCCN)c(C(C)(C)CC)c1. The second-order valence-corrected chi connectivity index (χ2v) is 7.59. The van der Waals surface area contributed by atoms with Gasteiger partial charge in [0.1, 0.15) is 0 Å². The molecule has 0 aliphatic rings. The number of nitrogens with two attached hydrogens (primary N) is 1. The van der Waals surface area contributed by atoms with E-state index in [4.69, 9.17) is 5.73 Å². The Kier molecular flexibility index (Phi) is 6.46. The van der Waals surface area contributed by atoms with Gasteiger partial charge in [0.05, 0.1) is 0 Å². The number of rotatable bonds is 8. The van der Waals surface area contributed by atoms with Gasteiger partial charge in [0.25, 0.3) is 0 Å². The van der Waals surface area contributed by atoms with E-state index in [0.717, 1.165) is 19.4 Å². The number of hydrogen-bond acceptors (Lipinski definition) is 1. The summed E-state index contributed by atoms with van der Waals surface area (Å²) in [6.45, 7) is 14.8. The molecule has 0 saturated carbocycles. The van der Waals surface area contributed by atoms with Crippen molar-refractivity contribution in [2.24, 2.45) is 5.73 Å². The zero-order valence-electron chi connectivity index (χ0n) is 15.1. The van der Waals surface area contributed by atoms with Crippen LogP contribution in [0.4, 0.5) is 0 Å². The largest absolute Gasteiger partial charge is 0.330 e. The Morgan fingerprint density at radius 3 is 2.05 bits per heavy atom. The summed E-state index contributed by atoms with van der Waals surface area (Å²) in [4.78, 5) is 0. The van der Waals surface area contributed by atoms with Crippen molar-refractivity contribution in [2.75, 3.05) is 6.54 Å². The molecule has 0 amide bonds. The van der Waals surface area contributed by atoms with Crippen molar-refractivity contribution in [3.63, 3.8) is 0 Å². The summed E-state index contributed by atoms with van der Waals surface area (Å²) in [5.74, 6) is 0. The second-order valence-electron chi connectivity index (χ2n) is 7.59. The summed E-state index contributed by atoms with van der Waals surface area (Å²) in [7, 11) is 0. The Balaban J connectivity index is 3.20. The van der Waals surface area contributed by atoms with Crippen molar-refractivity contribution < 1.29 is 0 Å². The lowest BCUT2D eigenvalue weighted by atomic mass is 9.74. The Morgan fingerprint density at radius 1 is 0.905 bits per heavy atom. The molecule has 0 heterocycles. The smallest absolute Gasteiger partial charge is 0.00772 e. The Labute approximate surface area is 132 Å². The van der Waals surface area contributed by atoms with Gasteiger partial charge in [-0.1, -0.05) is 59.7 Å². The van der Waals surface area contributed by atoms with Gasteiger partial charge in [0.2, 0.25) is 0 Å². The van der Waals surface area contributed by atoms with Gasteiger partial charge in [-0.2, -0.15) is 0 Å². The quantitative estimate of drug-likeness (QED) is 0.642. The molecule has 0 radical (unpaired) electrons. The average molecular weight is 290 g/mol. The van der Waals surface area contributed by atoms with E-state index in [-0.39, 0.29) is 10.8 Å². The maximum absolute atomic E-state index is 5.64. The number of benzene rings is 1. The molecule has 0 spiro atoms. The Morgan fingerprint density at radius 2 is 1.52 bits per heavy atom. The first kappa shape index (κ1) is 18.2. The zero-order valence-corrected chi connectivity index (χ0v) is 15.1. The fraction of sp³-hybridized carbons (Fsp3) is 0.700. The fourth-order valence-electron chi connectivity index (χ4n) is 2.70. The molecule has 120 valence electrons. The van der Waals surface area contributed by atoms with E-state index in [2.05, 4.69) is 59.7 Å². The zero-order chi connectivity index (χ0) is 16.1. The predicted octanol–water partition coefficient (Wildman–Crippen LogP) is 5.34. The van der Waals surface area contributed by atoms with Crippen LogP contribution in [0, 0.1) is 0 Å². The minimum atomic E-state index is 0.248. The molecule has 0 aliphatic heterocycles. The van der Waals surface area contributed by atoms with Gasteiger partial charge in [-0.15, -0.1) is 0 Å². The van der Waals surface area contributed by atoms with Crippen LogP contribution in [-0.2, 0) is 17.3 Å². The maximum Gasteiger partial charge on any atom is -0.00772 e.